The first kappa shape index (κ1) is 16.7. The van der Waals surface area contributed by atoms with Crippen LogP contribution < -0.4 is 5.32 Å². The maximum absolute atomic E-state index is 9.56. The van der Waals surface area contributed by atoms with Crippen LogP contribution in [0.5, 0.6) is 11.5 Å². The van der Waals surface area contributed by atoms with E-state index >= 15 is 0 Å². The number of hydrogen-bond acceptors (Lipinski definition) is 6. The van der Waals surface area contributed by atoms with Gasteiger partial charge in [-0.2, -0.15) is 0 Å². The second-order valence-electron chi connectivity index (χ2n) is 5.84. The van der Waals surface area contributed by atoms with Crippen LogP contribution in [0.1, 0.15) is 16.8 Å². The van der Waals surface area contributed by atoms with Crippen LogP contribution in [0, 0.1) is 13.8 Å². The summed E-state index contributed by atoms with van der Waals surface area (Å²) in [6.07, 6.45) is 4.14. The second kappa shape index (κ2) is 7.17. The van der Waals surface area contributed by atoms with Crippen LogP contribution in [-0.2, 0) is 6.42 Å². The Morgan fingerprint density at radius 1 is 0.960 bits per heavy atom. The summed E-state index contributed by atoms with van der Waals surface area (Å²) >= 11 is 0. The third kappa shape index (κ3) is 3.85. The fourth-order valence-corrected chi connectivity index (χ4v) is 2.48. The molecule has 0 atom stereocenters. The first-order valence-corrected chi connectivity index (χ1v) is 8.05. The number of hydrogen-bond donors (Lipinski definition) is 3. The molecule has 0 radical (unpaired) electrons. The summed E-state index contributed by atoms with van der Waals surface area (Å²) in [5.41, 5.74) is 3.78. The minimum Gasteiger partial charge on any atom is -0.504 e. The third-order valence-corrected chi connectivity index (χ3v) is 4.07. The molecule has 3 N–H and O–H groups in total. The van der Waals surface area contributed by atoms with E-state index in [0.29, 0.717) is 18.8 Å². The summed E-state index contributed by atoms with van der Waals surface area (Å²) in [5.74, 6) is 1.24. The highest BCUT2D eigenvalue weighted by molar-refractivity contribution is 5.59. The zero-order chi connectivity index (χ0) is 17.8. The van der Waals surface area contributed by atoms with E-state index < -0.39 is 0 Å². The van der Waals surface area contributed by atoms with Crippen molar-refractivity contribution in [2.45, 2.75) is 20.3 Å². The van der Waals surface area contributed by atoms with E-state index in [1.54, 1.807) is 24.5 Å². The van der Waals surface area contributed by atoms with Gasteiger partial charge in [0, 0.05) is 35.8 Å². The molecule has 2 aromatic heterocycles. The van der Waals surface area contributed by atoms with Gasteiger partial charge in [0.15, 0.2) is 17.3 Å². The molecule has 6 nitrogen and oxygen atoms in total. The summed E-state index contributed by atoms with van der Waals surface area (Å²) < 4.78 is 0. The van der Waals surface area contributed by atoms with Crippen molar-refractivity contribution in [3.63, 3.8) is 0 Å². The molecule has 3 aromatic rings. The van der Waals surface area contributed by atoms with Crippen LogP contribution in [0.4, 0.5) is 5.82 Å². The number of phenolic OH excluding ortho intramolecular Hbond substituents is 2. The van der Waals surface area contributed by atoms with Gasteiger partial charge in [0.1, 0.15) is 5.82 Å². The van der Waals surface area contributed by atoms with E-state index in [9.17, 15) is 10.2 Å². The van der Waals surface area contributed by atoms with Gasteiger partial charge in [-0.3, -0.25) is 4.98 Å². The maximum Gasteiger partial charge on any atom is 0.161 e. The molecular weight excluding hydrogens is 316 g/mol. The first-order chi connectivity index (χ1) is 12.0. The van der Waals surface area contributed by atoms with Crippen LogP contribution in [0.25, 0.3) is 11.4 Å². The highest BCUT2D eigenvalue weighted by Crippen LogP contribution is 2.25. The van der Waals surface area contributed by atoms with Crippen molar-refractivity contribution in [3.05, 3.63) is 59.5 Å². The first-order valence-electron chi connectivity index (χ1n) is 8.05. The lowest BCUT2D eigenvalue weighted by Gasteiger charge is -2.12. The second-order valence-corrected chi connectivity index (χ2v) is 5.84. The van der Waals surface area contributed by atoms with Crippen LogP contribution >= 0.6 is 0 Å². The van der Waals surface area contributed by atoms with Crippen molar-refractivity contribution in [2.24, 2.45) is 0 Å². The molecule has 128 valence electrons. The molecule has 0 aliphatic carbocycles. The lowest BCUT2D eigenvalue weighted by molar-refractivity contribution is 0.403. The maximum atomic E-state index is 9.56. The van der Waals surface area contributed by atoms with Crippen molar-refractivity contribution >= 4 is 5.82 Å². The molecule has 0 aliphatic heterocycles. The van der Waals surface area contributed by atoms with Crippen LogP contribution in [0.15, 0.2) is 42.7 Å². The minimum atomic E-state index is -0.110. The van der Waals surface area contributed by atoms with Gasteiger partial charge in [0.25, 0.3) is 0 Å². The number of phenols is 2. The van der Waals surface area contributed by atoms with Crippen LogP contribution in [0.2, 0.25) is 0 Å². The Labute approximate surface area is 146 Å². The smallest absolute Gasteiger partial charge is 0.161 e. The van der Waals surface area contributed by atoms with E-state index in [0.717, 1.165) is 28.2 Å². The van der Waals surface area contributed by atoms with E-state index in [1.807, 2.05) is 26.0 Å². The predicted octanol–water partition coefficient (Wildman–Crippen LogP) is 3.22. The number of aromatic nitrogens is 3. The number of anilines is 1. The summed E-state index contributed by atoms with van der Waals surface area (Å²) in [5, 5.41) is 22.3. The zero-order valence-electron chi connectivity index (χ0n) is 14.2. The van der Waals surface area contributed by atoms with Gasteiger partial charge in [-0.1, -0.05) is 6.07 Å². The highest BCUT2D eigenvalue weighted by Gasteiger charge is 2.09. The number of benzene rings is 1. The molecule has 0 spiro atoms. The molecule has 0 unspecified atom stereocenters. The minimum absolute atomic E-state index is 0.105. The number of nitrogens with one attached hydrogen (secondary N) is 1. The van der Waals surface area contributed by atoms with Crippen molar-refractivity contribution in [3.8, 4) is 22.9 Å². The van der Waals surface area contributed by atoms with E-state index in [4.69, 9.17) is 0 Å². The summed E-state index contributed by atoms with van der Waals surface area (Å²) in [7, 11) is 0. The number of pyridine rings is 1. The molecule has 3 rings (SSSR count). The fourth-order valence-electron chi connectivity index (χ4n) is 2.48. The van der Waals surface area contributed by atoms with Gasteiger partial charge in [0.05, 0.1) is 0 Å². The Morgan fingerprint density at radius 2 is 1.72 bits per heavy atom. The Kier molecular flexibility index (Phi) is 4.79. The van der Waals surface area contributed by atoms with Gasteiger partial charge in [-0.25, -0.2) is 9.97 Å². The number of aryl methyl sites for hydroxylation is 1. The molecule has 1 aromatic carbocycles. The fraction of sp³-hybridized carbons (Fsp3) is 0.211. The molecule has 0 saturated carbocycles. The van der Waals surface area contributed by atoms with E-state index in [1.165, 1.54) is 6.07 Å². The zero-order valence-corrected chi connectivity index (χ0v) is 14.2. The largest absolute Gasteiger partial charge is 0.504 e. The highest BCUT2D eigenvalue weighted by atomic mass is 16.3. The molecule has 0 saturated heterocycles. The Bertz CT molecular complexity index is 882. The quantitative estimate of drug-likeness (QED) is 0.620. The number of rotatable bonds is 5. The Morgan fingerprint density at radius 3 is 2.44 bits per heavy atom. The van der Waals surface area contributed by atoms with Crippen LogP contribution in [0.3, 0.4) is 0 Å². The number of aromatic hydroxyl groups is 2. The topological polar surface area (TPSA) is 91.2 Å². The van der Waals surface area contributed by atoms with Crippen molar-refractivity contribution in [2.75, 3.05) is 11.9 Å². The van der Waals surface area contributed by atoms with Crippen molar-refractivity contribution in [1.82, 2.24) is 15.0 Å². The average Bonchev–Trinajstić information content (AvgIpc) is 2.62. The summed E-state index contributed by atoms with van der Waals surface area (Å²) in [6, 6.07) is 8.61. The molecule has 6 heteroatoms. The van der Waals surface area contributed by atoms with Crippen molar-refractivity contribution < 1.29 is 10.2 Å². The molecule has 0 bridgehead atoms. The summed E-state index contributed by atoms with van der Waals surface area (Å²) in [4.78, 5) is 13.2. The predicted molar refractivity (Wildman–Crippen MR) is 96.7 cm³/mol. The Balaban J connectivity index is 1.75. The van der Waals surface area contributed by atoms with Crippen LogP contribution in [-0.4, -0.2) is 31.7 Å². The van der Waals surface area contributed by atoms with Gasteiger partial charge in [0.2, 0.25) is 0 Å². The van der Waals surface area contributed by atoms with Gasteiger partial charge >= 0.3 is 0 Å². The molecule has 2 heterocycles. The average molecular weight is 336 g/mol. The van der Waals surface area contributed by atoms with Gasteiger partial charge in [-0.05, 0) is 50.1 Å². The number of nitrogens with zero attached hydrogens (tertiary/aromatic N) is 3. The molecule has 0 amide bonds. The monoisotopic (exact) mass is 336 g/mol. The molecule has 25 heavy (non-hydrogen) atoms. The normalized spacial score (nSPS) is 10.6. The van der Waals surface area contributed by atoms with Crippen molar-refractivity contribution in [1.29, 1.82) is 0 Å². The van der Waals surface area contributed by atoms with Gasteiger partial charge in [-0.15, -0.1) is 0 Å². The molecule has 0 fully saturated rings. The SMILES string of the molecule is Cc1nc(-c2ccncc2)nc(NCCc2ccc(O)c(O)c2)c1C. The lowest BCUT2D eigenvalue weighted by Crippen LogP contribution is -2.10. The van der Waals surface area contributed by atoms with E-state index in [2.05, 4.69) is 20.3 Å². The Hall–Kier alpha value is -3.15. The molecular formula is C19H20N4O2. The molecule has 0 aliphatic rings. The lowest BCUT2D eigenvalue weighted by atomic mass is 10.1. The van der Waals surface area contributed by atoms with Gasteiger partial charge < -0.3 is 15.5 Å². The summed E-state index contributed by atoms with van der Waals surface area (Å²) in [6.45, 7) is 4.60. The standard InChI is InChI=1S/C19H20N4O2/c1-12-13(2)22-19(15-6-8-20-9-7-15)23-18(12)21-10-5-14-3-4-16(24)17(25)11-14/h3-4,6-9,11,24-25H,5,10H2,1-2H3,(H,21,22,23). The third-order valence-electron chi connectivity index (χ3n) is 4.07. The van der Waals surface area contributed by atoms with E-state index in [-0.39, 0.29) is 11.5 Å².